The van der Waals surface area contributed by atoms with Gasteiger partial charge in [-0.05, 0) is 30.5 Å². The summed E-state index contributed by atoms with van der Waals surface area (Å²) in [6.07, 6.45) is 2.30. The first-order valence-electron chi connectivity index (χ1n) is 6.64. The highest BCUT2D eigenvalue weighted by molar-refractivity contribution is 5.81. The Balaban J connectivity index is 1.83. The largest absolute Gasteiger partial charge is 0.351 e. The molecule has 3 N–H and O–H groups in total. The zero-order chi connectivity index (χ0) is 14.4. The second-order valence-corrected chi connectivity index (χ2v) is 4.82. The lowest BCUT2D eigenvalue weighted by molar-refractivity contribution is -0.122. The number of amides is 1. The van der Waals surface area contributed by atoms with Gasteiger partial charge >= 0.3 is 0 Å². The number of nitrogens with two attached hydrogens (primary N) is 1. The Morgan fingerprint density at radius 2 is 1.95 bits per heavy atom. The van der Waals surface area contributed by atoms with Crippen molar-refractivity contribution in [2.24, 2.45) is 5.73 Å². The molecule has 1 aromatic heterocycles. The van der Waals surface area contributed by atoms with Crippen LogP contribution in [0.4, 0.5) is 0 Å². The minimum absolute atomic E-state index is 0.144. The molecule has 2 rings (SSSR count). The van der Waals surface area contributed by atoms with Gasteiger partial charge in [-0.2, -0.15) is 0 Å². The monoisotopic (exact) mass is 269 g/mol. The third-order valence-corrected chi connectivity index (χ3v) is 3.07. The van der Waals surface area contributed by atoms with Crippen molar-refractivity contribution >= 4 is 5.91 Å². The van der Waals surface area contributed by atoms with Crippen LogP contribution in [0.1, 0.15) is 16.8 Å². The minimum atomic E-state index is -0.532. The van der Waals surface area contributed by atoms with E-state index in [0.717, 1.165) is 16.8 Å². The molecule has 0 bridgehead atoms. The molecular formula is C16H19N3O. The van der Waals surface area contributed by atoms with Gasteiger partial charge in [0.2, 0.25) is 5.91 Å². The molecular weight excluding hydrogens is 250 g/mol. The first-order valence-corrected chi connectivity index (χ1v) is 6.64. The average Bonchev–Trinajstić information content (AvgIpc) is 2.47. The summed E-state index contributed by atoms with van der Waals surface area (Å²) in [5.74, 6) is -0.144. The van der Waals surface area contributed by atoms with Crippen LogP contribution in [0.2, 0.25) is 0 Å². The second-order valence-electron chi connectivity index (χ2n) is 4.82. The third kappa shape index (κ3) is 4.17. The van der Waals surface area contributed by atoms with E-state index in [2.05, 4.69) is 10.3 Å². The van der Waals surface area contributed by atoms with E-state index in [1.807, 2.05) is 49.4 Å². The Labute approximate surface area is 119 Å². The number of aromatic nitrogens is 1. The normalized spacial score (nSPS) is 11.9. The number of aryl methyl sites for hydroxylation is 1. The van der Waals surface area contributed by atoms with Crippen LogP contribution in [-0.4, -0.2) is 16.9 Å². The highest BCUT2D eigenvalue weighted by atomic mass is 16.2. The molecule has 1 atom stereocenters. The van der Waals surface area contributed by atoms with E-state index in [1.165, 1.54) is 0 Å². The van der Waals surface area contributed by atoms with Crippen molar-refractivity contribution in [1.82, 2.24) is 10.3 Å². The Morgan fingerprint density at radius 3 is 2.60 bits per heavy atom. The van der Waals surface area contributed by atoms with Crippen LogP contribution >= 0.6 is 0 Å². The van der Waals surface area contributed by atoms with Crippen LogP contribution in [0.25, 0.3) is 0 Å². The van der Waals surface area contributed by atoms with Crippen molar-refractivity contribution in [2.75, 3.05) is 0 Å². The summed E-state index contributed by atoms with van der Waals surface area (Å²) >= 11 is 0. The number of carbonyl (C=O) groups excluding carboxylic acids is 1. The summed E-state index contributed by atoms with van der Waals surface area (Å²) in [4.78, 5) is 16.1. The van der Waals surface area contributed by atoms with Crippen molar-refractivity contribution in [2.45, 2.75) is 25.9 Å². The van der Waals surface area contributed by atoms with Gasteiger partial charge in [0.25, 0.3) is 0 Å². The van der Waals surface area contributed by atoms with Crippen LogP contribution in [0.15, 0.2) is 48.7 Å². The molecule has 2 aromatic rings. The smallest absolute Gasteiger partial charge is 0.237 e. The maximum atomic E-state index is 11.9. The van der Waals surface area contributed by atoms with Crippen LogP contribution in [0.3, 0.4) is 0 Å². The van der Waals surface area contributed by atoms with E-state index in [1.54, 1.807) is 6.20 Å². The number of benzene rings is 1. The molecule has 4 heteroatoms. The van der Waals surface area contributed by atoms with Gasteiger partial charge in [0.05, 0.1) is 6.04 Å². The number of carbonyl (C=O) groups is 1. The Kier molecular flexibility index (Phi) is 4.85. The van der Waals surface area contributed by atoms with E-state index < -0.39 is 6.04 Å². The van der Waals surface area contributed by atoms with Crippen molar-refractivity contribution < 1.29 is 4.79 Å². The average molecular weight is 269 g/mol. The molecule has 4 nitrogen and oxygen atoms in total. The van der Waals surface area contributed by atoms with Crippen molar-refractivity contribution in [3.8, 4) is 0 Å². The fourth-order valence-corrected chi connectivity index (χ4v) is 1.88. The van der Waals surface area contributed by atoms with Gasteiger partial charge in [-0.15, -0.1) is 0 Å². The molecule has 0 fully saturated rings. The first kappa shape index (κ1) is 14.2. The zero-order valence-electron chi connectivity index (χ0n) is 11.5. The third-order valence-electron chi connectivity index (χ3n) is 3.07. The molecule has 20 heavy (non-hydrogen) atoms. The van der Waals surface area contributed by atoms with Gasteiger partial charge in [0, 0.05) is 18.4 Å². The SMILES string of the molecule is Cc1ccc(CNC(=O)[C@H](N)Cc2ccccc2)cn1. The minimum Gasteiger partial charge on any atom is -0.351 e. The number of pyridine rings is 1. The lowest BCUT2D eigenvalue weighted by Gasteiger charge is -2.12. The quantitative estimate of drug-likeness (QED) is 0.866. The maximum absolute atomic E-state index is 11.9. The molecule has 0 saturated heterocycles. The number of nitrogens with one attached hydrogen (secondary N) is 1. The lowest BCUT2D eigenvalue weighted by atomic mass is 10.1. The molecule has 0 spiro atoms. The molecule has 0 saturated carbocycles. The molecule has 0 aliphatic rings. The van der Waals surface area contributed by atoms with E-state index >= 15 is 0 Å². The standard InChI is InChI=1S/C16H19N3O/c1-12-7-8-14(10-18-12)11-19-16(20)15(17)9-13-5-3-2-4-6-13/h2-8,10,15H,9,11,17H2,1H3,(H,19,20)/t15-/m1/s1. The fourth-order valence-electron chi connectivity index (χ4n) is 1.88. The van der Waals surface area contributed by atoms with Crippen molar-refractivity contribution in [3.63, 3.8) is 0 Å². The van der Waals surface area contributed by atoms with Gasteiger partial charge in [-0.25, -0.2) is 0 Å². The van der Waals surface area contributed by atoms with Crippen LogP contribution in [0, 0.1) is 6.92 Å². The summed E-state index contributed by atoms with van der Waals surface area (Å²) in [6, 6.07) is 13.1. The Morgan fingerprint density at radius 1 is 1.20 bits per heavy atom. The van der Waals surface area contributed by atoms with Gasteiger partial charge in [-0.3, -0.25) is 9.78 Å². The van der Waals surface area contributed by atoms with E-state index in [-0.39, 0.29) is 5.91 Å². The molecule has 0 radical (unpaired) electrons. The number of nitrogens with zero attached hydrogens (tertiary/aromatic N) is 1. The molecule has 1 aromatic carbocycles. The molecule has 0 aliphatic heterocycles. The number of hydrogen-bond acceptors (Lipinski definition) is 3. The fraction of sp³-hybridized carbons (Fsp3) is 0.250. The van der Waals surface area contributed by atoms with Crippen LogP contribution in [-0.2, 0) is 17.8 Å². The van der Waals surface area contributed by atoms with Gasteiger partial charge < -0.3 is 11.1 Å². The topological polar surface area (TPSA) is 68.0 Å². The van der Waals surface area contributed by atoms with Crippen molar-refractivity contribution in [3.05, 3.63) is 65.5 Å². The summed E-state index contributed by atoms with van der Waals surface area (Å²) in [6.45, 7) is 2.38. The zero-order valence-corrected chi connectivity index (χ0v) is 11.5. The summed E-state index contributed by atoms with van der Waals surface area (Å²) in [5, 5.41) is 2.83. The highest BCUT2D eigenvalue weighted by Gasteiger charge is 2.13. The summed E-state index contributed by atoms with van der Waals surface area (Å²) in [5.41, 5.74) is 8.90. The molecule has 1 heterocycles. The van der Waals surface area contributed by atoms with Crippen LogP contribution in [0.5, 0.6) is 0 Å². The lowest BCUT2D eigenvalue weighted by Crippen LogP contribution is -2.41. The maximum Gasteiger partial charge on any atom is 0.237 e. The highest BCUT2D eigenvalue weighted by Crippen LogP contribution is 2.03. The number of rotatable bonds is 5. The Hall–Kier alpha value is -2.20. The van der Waals surface area contributed by atoms with E-state index in [4.69, 9.17) is 5.73 Å². The Bertz CT molecular complexity index is 552. The molecule has 0 aliphatic carbocycles. The summed E-state index contributed by atoms with van der Waals surface area (Å²) < 4.78 is 0. The van der Waals surface area contributed by atoms with Gasteiger partial charge in [0.1, 0.15) is 0 Å². The van der Waals surface area contributed by atoms with E-state index in [0.29, 0.717) is 13.0 Å². The number of hydrogen-bond donors (Lipinski definition) is 2. The molecule has 1 amide bonds. The van der Waals surface area contributed by atoms with Crippen molar-refractivity contribution in [1.29, 1.82) is 0 Å². The van der Waals surface area contributed by atoms with Gasteiger partial charge in [0.15, 0.2) is 0 Å². The predicted molar refractivity (Wildman–Crippen MR) is 78.9 cm³/mol. The molecule has 0 unspecified atom stereocenters. The predicted octanol–water partition coefficient (Wildman–Crippen LogP) is 1.58. The molecule has 104 valence electrons. The van der Waals surface area contributed by atoms with Gasteiger partial charge in [-0.1, -0.05) is 36.4 Å². The summed E-state index contributed by atoms with van der Waals surface area (Å²) in [7, 11) is 0. The van der Waals surface area contributed by atoms with E-state index in [9.17, 15) is 4.79 Å². The van der Waals surface area contributed by atoms with Crippen LogP contribution < -0.4 is 11.1 Å². The first-order chi connectivity index (χ1) is 9.65. The second kappa shape index (κ2) is 6.82.